The van der Waals surface area contributed by atoms with Crippen LogP contribution in [0.1, 0.15) is 24.8 Å². The molecule has 2 aliphatic rings. The molecule has 0 atom stereocenters. The summed E-state index contributed by atoms with van der Waals surface area (Å²) in [6.07, 6.45) is 3.97. The van der Waals surface area contributed by atoms with Gasteiger partial charge in [-0.2, -0.15) is 0 Å². The normalized spacial score (nSPS) is 21.5. The van der Waals surface area contributed by atoms with Crippen molar-refractivity contribution in [1.29, 1.82) is 0 Å². The van der Waals surface area contributed by atoms with Crippen LogP contribution in [-0.2, 0) is 21.2 Å². The molecule has 0 aromatic heterocycles. The van der Waals surface area contributed by atoms with Crippen LogP contribution in [-0.4, -0.2) is 45.1 Å². The average Bonchev–Trinajstić information content (AvgIpc) is 2.75. The van der Waals surface area contributed by atoms with Gasteiger partial charge in [0.05, 0.1) is 4.90 Å². The molecule has 0 radical (unpaired) electrons. The lowest BCUT2D eigenvalue weighted by Gasteiger charge is -2.33. The maximum atomic E-state index is 12.3. The molecule has 0 unspecified atom stereocenters. The Morgan fingerprint density at radius 2 is 1.82 bits per heavy atom. The Balaban J connectivity index is 1.69. The fourth-order valence-corrected chi connectivity index (χ4v) is 4.11. The second-order valence-corrected chi connectivity index (χ2v) is 8.61. The Morgan fingerprint density at radius 1 is 1.18 bits per heavy atom. The Labute approximate surface area is 131 Å². The minimum atomic E-state index is -3.17. The maximum absolute atomic E-state index is 12.3. The predicted octanol–water partition coefficient (Wildman–Crippen LogP) is 1.19. The van der Waals surface area contributed by atoms with Crippen molar-refractivity contribution in [2.24, 2.45) is 5.41 Å². The summed E-state index contributed by atoms with van der Waals surface area (Å²) >= 11 is 0. The second kappa shape index (κ2) is 5.66. The third kappa shape index (κ3) is 3.17. The summed E-state index contributed by atoms with van der Waals surface area (Å²) < 4.78 is 22.9. The summed E-state index contributed by atoms with van der Waals surface area (Å²) in [5, 5.41) is 3.35. The molecule has 22 heavy (non-hydrogen) atoms. The lowest BCUT2D eigenvalue weighted by atomic mass is 9.78. The molecule has 0 bridgehead atoms. The molecule has 6 heteroatoms. The second-order valence-electron chi connectivity index (χ2n) is 6.59. The summed E-state index contributed by atoms with van der Waals surface area (Å²) in [6, 6.07) is 6.84. The molecule has 3 rings (SSSR count). The van der Waals surface area contributed by atoms with Crippen LogP contribution < -0.4 is 5.32 Å². The number of carbonyl (C=O) groups excluding carboxylic acids is 1. The summed E-state index contributed by atoms with van der Waals surface area (Å²) in [5.74, 6) is 0.217. The van der Waals surface area contributed by atoms with Crippen molar-refractivity contribution in [2.45, 2.75) is 30.7 Å². The molecule has 5 nitrogen and oxygen atoms in total. The number of carbonyl (C=O) groups is 1. The van der Waals surface area contributed by atoms with E-state index >= 15 is 0 Å². The van der Waals surface area contributed by atoms with Gasteiger partial charge >= 0.3 is 0 Å². The third-order valence-electron chi connectivity index (χ3n) is 4.79. The first-order valence-electron chi connectivity index (χ1n) is 7.66. The van der Waals surface area contributed by atoms with Gasteiger partial charge in [-0.25, -0.2) is 8.42 Å². The Bertz CT molecular complexity index is 661. The van der Waals surface area contributed by atoms with Crippen LogP contribution in [0.3, 0.4) is 0 Å². The molecule has 1 amide bonds. The first kappa shape index (κ1) is 15.5. The first-order valence-corrected chi connectivity index (χ1v) is 9.55. The molecule has 1 N–H and O–H groups in total. The first-order chi connectivity index (χ1) is 10.4. The van der Waals surface area contributed by atoms with Gasteiger partial charge in [-0.05, 0) is 49.0 Å². The molecule has 2 fully saturated rings. The number of nitrogens with one attached hydrogen (secondary N) is 1. The highest BCUT2D eigenvalue weighted by Gasteiger charge is 2.43. The highest BCUT2D eigenvalue weighted by Crippen LogP contribution is 2.39. The number of hydrogen-bond acceptors (Lipinski definition) is 4. The van der Waals surface area contributed by atoms with Crippen LogP contribution >= 0.6 is 0 Å². The smallest absolute Gasteiger partial charge is 0.223 e. The SMILES string of the molecule is CS(=O)(=O)c1ccc(CN2CC3(CCNCC3)CC2=O)cc1. The largest absolute Gasteiger partial charge is 0.338 e. The van der Waals surface area contributed by atoms with Crippen molar-refractivity contribution in [2.75, 3.05) is 25.9 Å². The standard InChI is InChI=1S/C16H22N2O3S/c1-22(20,21)14-4-2-13(3-5-14)11-18-12-16(10-15(18)19)6-8-17-9-7-16/h2-5,17H,6-12H2,1H3. The van der Waals surface area contributed by atoms with Gasteiger partial charge in [-0.3, -0.25) is 4.79 Å². The van der Waals surface area contributed by atoms with Crippen molar-refractivity contribution in [1.82, 2.24) is 10.2 Å². The number of benzene rings is 1. The van der Waals surface area contributed by atoms with Gasteiger partial charge in [-0.1, -0.05) is 12.1 Å². The Hall–Kier alpha value is -1.40. The lowest BCUT2D eigenvalue weighted by molar-refractivity contribution is -0.128. The number of nitrogens with zero attached hydrogens (tertiary/aromatic N) is 1. The molecule has 1 spiro atoms. The molecular weight excluding hydrogens is 300 g/mol. The van der Waals surface area contributed by atoms with Crippen LogP contribution in [0.2, 0.25) is 0 Å². The highest BCUT2D eigenvalue weighted by molar-refractivity contribution is 7.90. The van der Waals surface area contributed by atoms with E-state index in [-0.39, 0.29) is 11.3 Å². The molecule has 2 heterocycles. The van der Waals surface area contributed by atoms with E-state index in [2.05, 4.69) is 5.32 Å². The molecule has 2 saturated heterocycles. The molecule has 0 aliphatic carbocycles. The zero-order valence-corrected chi connectivity index (χ0v) is 13.7. The van der Waals surface area contributed by atoms with E-state index in [9.17, 15) is 13.2 Å². The van der Waals surface area contributed by atoms with Gasteiger partial charge < -0.3 is 10.2 Å². The molecule has 0 saturated carbocycles. The van der Waals surface area contributed by atoms with Crippen molar-refractivity contribution < 1.29 is 13.2 Å². The van der Waals surface area contributed by atoms with E-state index in [1.54, 1.807) is 24.3 Å². The van der Waals surface area contributed by atoms with Gasteiger partial charge in [0.25, 0.3) is 0 Å². The van der Waals surface area contributed by atoms with E-state index in [4.69, 9.17) is 0 Å². The number of hydrogen-bond donors (Lipinski definition) is 1. The van der Waals surface area contributed by atoms with E-state index < -0.39 is 9.84 Å². The lowest BCUT2D eigenvalue weighted by Crippen LogP contribution is -2.38. The predicted molar refractivity (Wildman–Crippen MR) is 84.1 cm³/mol. The molecule has 1 aromatic rings. The van der Waals surface area contributed by atoms with Gasteiger partial charge in [0.2, 0.25) is 5.91 Å². The highest BCUT2D eigenvalue weighted by atomic mass is 32.2. The van der Waals surface area contributed by atoms with Crippen LogP contribution in [0.25, 0.3) is 0 Å². The minimum Gasteiger partial charge on any atom is -0.338 e. The number of rotatable bonds is 3. The van der Waals surface area contributed by atoms with Gasteiger partial charge in [0, 0.05) is 25.8 Å². The maximum Gasteiger partial charge on any atom is 0.223 e. The van der Waals surface area contributed by atoms with E-state index in [1.807, 2.05) is 4.90 Å². The molecule has 2 aliphatic heterocycles. The number of sulfone groups is 1. The van der Waals surface area contributed by atoms with Crippen LogP contribution in [0.4, 0.5) is 0 Å². The monoisotopic (exact) mass is 322 g/mol. The van der Waals surface area contributed by atoms with Gasteiger partial charge in [-0.15, -0.1) is 0 Å². The number of likely N-dealkylation sites (tertiary alicyclic amines) is 1. The number of piperidine rings is 1. The van der Waals surface area contributed by atoms with Crippen LogP contribution in [0.15, 0.2) is 29.2 Å². The Morgan fingerprint density at radius 3 is 2.41 bits per heavy atom. The van der Waals surface area contributed by atoms with E-state index in [1.165, 1.54) is 6.26 Å². The van der Waals surface area contributed by atoms with E-state index in [0.29, 0.717) is 17.9 Å². The summed E-state index contributed by atoms with van der Waals surface area (Å²) in [6.45, 7) is 3.37. The van der Waals surface area contributed by atoms with Crippen LogP contribution in [0, 0.1) is 5.41 Å². The van der Waals surface area contributed by atoms with Crippen molar-refractivity contribution in [3.8, 4) is 0 Å². The third-order valence-corrected chi connectivity index (χ3v) is 5.92. The zero-order valence-electron chi connectivity index (χ0n) is 12.8. The van der Waals surface area contributed by atoms with E-state index in [0.717, 1.165) is 38.0 Å². The summed E-state index contributed by atoms with van der Waals surface area (Å²) in [4.78, 5) is 14.5. The summed E-state index contributed by atoms with van der Waals surface area (Å²) in [5.41, 5.74) is 1.13. The zero-order chi connectivity index (χ0) is 15.8. The minimum absolute atomic E-state index is 0.148. The molecule has 1 aromatic carbocycles. The fraction of sp³-hybridized carbons (Fsp3) is 0.562. The molecule has 120 valence electrons. The van der Waals surface area contributed by atoms with Gasteiger partial charge in [0.15, 0.2) is 9.84 Å². The van der Waals surface area contributed by atoms with Gasteiger partial charge in [0.1, 0.15) is 0 Å². The topological polar surface area (TPSA) is 66.5 Å². The van der Waals surface area contributed by atoms with Crippen molar-refractivity contribution in [3.63, 3.8) is 0 Å². The van der Waals surface area contributed by atoms with Crippen molar-refractivity contribution >= 4 is 15.7 Å². The molecular formula is C16H22N2O3S. The quantitative estimate of drug-likeness (QED) is 0.908. The number of amides is 1. The fourth-order valence-electron chi connectivity index (χ4n) is 3.48. The summed E-state index contributed by atoms with van der Waals surface area (Å²) in [7, 11) is -3.17. The van der Waals surface area contributed by atoms with Crippen LogP contribution in [0.5, 0.6) is 0 Å². The van der Waals surface area contributed by atoms with Crippen molar-refractivity contribution in [3.05, 3.63) is 29.8 Å². The average molecular weight is 322 g/mol. The Kier molecular flexibility index (Phi) is 3.99.